The van der Waals surface area contributed by atoms with Crippen molar-refractivity contribution in [1.82, 2.24) is 30.1 Å². The molecule has 4 aromatic rings. The van der Waals surface area contributed by atoms with E-state index in [0.29, 0.717) is 18.2 Å². The molecule has 7 nitrogen and oxygen atoms in total. The van der Waals surface area contributed by atoms with Gasteiger partial charge in [-0.2, -0.15) is 5.10 Å². The summed E-state index contributed by atoms with van der Waals surface area (Å²) in [6, 6.07) is 18.1. The van der Waals surface area contributed by atoms with Crippen LogP contribution in [-0.2, 0) is 6.42 Å². The molecule has 1 N–H and O–H groups in total. The first-order chi connectivity index (χ1) is 16.1. The molecule has 1 aliphatic rings. The Hall–Kier alpha value is -3.81. The number of aromatic amines is 1. The molecule has 0 saturated heterocycles. The van der Waals surface area contributed by atoms with E-state index in [-0.39, 0.29) is 11.7 Å². The molecule has 1 aliphatic carbocycles. The fourth-order valence-corrected chi connectivity index (χ4v) is 3.97. The lowest BCUT2D eigenvalue weighted by Crippen LogP contribution is -2.29. The summed E-state index contributed by atoms with van der Waals surface area (Å²) >= 11 is 0. The lowest BCUT2D eigenvalue weighted by atomic mass is 10.1. The zero-order chi connectivity index (χ0) is 22.8. The van der Waals surface area contributed by atoms with Crippen molar-refractivity contribution < 1.29 is 9.18 Å². The van der Waals surface area contributed by atoms with Crippen LogP contribution in [0.1, 0.15) is 47.1 Å². The average molecular weight is 445 g/mol. The highest BCUT2D eigenvalue weighted by Crippen LogP contribution is 2.42. The largest absolute Gasteiger partial charge is 0.340 e. The summed E-state index contributed by atoms with van der Waals surface area (Å²) in [7, 11) is 1.80. The molecular formula is C25H25FN6O. The van der Waals surface area contributed by atoms with Crippen LogP contribution in [0.3, 0.4) is 0 Å². The Kier molecular flexibility index (Phi) is 5.73. The molecule has 5 rings (SSSR count). The molecule has 0 spiro atoms. The van der Waals surface area contributed by atoms with Crippen molar-refractivity contribution in [1.29, 1.82) is 0 Å². The minimum absolute atomic E-state index is 0.101. The van der Waals surface area contributed by atoms with Crippen molar-refractivity contribution in [3.8, 4) is 16.9 Å². The van der Waals surface area contributed by atoms with E-state index in [4.69, 9.17) is 0 Å². The van der Waals surface area contributed by atoms with Gasteiger partial charge >= 0.3 is 0 Å². The van der Waals surface area contributed by atoms with E-state index in [1.165, 1.54) is 12.1 Å². The first-order valence-corrected chi connectivity index (χ1v) is 11.2. The van der Waals surface area contributed by atoms with E-state index in [1.807, 2.05) is 36.4 Å². The van der Waals surface area contributed by atoms with Crippen molar-refractivity contribution in [3.63, 3.8) is 0 Å². The van der Waals surface area contributed by atoms with Gasteiger partial charge < -0.3 is 4.90 Å². The summed E-state index contributed by atoms with van der Waals surface area (Å²) in [5.74, 6) is -0.0333. The summed E-state index contributed by atoms with van der Waals surface area (Å²) in [6.07, 6.45) is 3.64. The molecule has 2 aromatic heterocycles. The second-order valence-corrected chi connectivity index (χ2v) is 8.46. The standard InChI is InChI=1S/C25H25FN6O/c1-31(15-5-6-20-16-22(28-27-20)17-11-13-19(26)14-12-17)25(33)23-24(18-9-10-18)32(30-29-23)21-7-3-2-4-8-21/h2-4,7-8,11-14,16,18H,5-6,9-10,15H2,1H3,(H,27,28). The number of rotatable bonds is 8. The lowest BCUT2D eigenvalue weighted by Gasteiger charge is -2.16. The maximum absolute atomic E-state index is 13.2. The molecule has 0 radical (unpaired) electrons. The number of aryl methyl sites for hydroxylation is 1. The van der Waals surface area contributed by atoms with Crippen molar-refractivity contribution in [2.75, 3.05) is 13.6 Å². The molecular weight excluding hydrogens is 419 g/mol. The number of hydrogen-bond acceptors (Lipinski definition) is 4. The van der Waals surface area contributed by atoms with E-state index in [0.717, 1.165) is 54.0 Å². The van der Waals surface area contributed by atoms with Crippen LogP contribution in [0.4, 0.5) is 4.39 Å². The summed E-state index contributed by atoms with van der Waals surface area (Å²) in [5, 5.41) is 15.9. The maximum Gasteiger partial charge on any atom is 0.276 e. The quantitative estimate of drug-likeness (QED) is 0.437. The molecule has 33 heavy (non-hydrogen) atoms. The predicted octanol–water partition coefficient (Wildman–Crippen LogP) is 4.38. The van der Waals surface area contributed by atoms with Crippen LogP contribution in [-0.4, -0.2) is 49.6 Å². The van der Waals surface area contributed by atoms with Gasteiger partial charge in [0, 0.05) is 30.8 Å². The number of para-hydroxylation sites is 1. The van der Waals surface area contributed by atoms with Crippen LogP contribution >= 0.6 is 0 Å². The maximum atomic E-state index is 13.2. The number of H-pyrrole nitrogens is 1. The van der Waals surface area contributed by atoms with Crippen LogP contribution < -0.4 is 0 Å². The number of carbonyl (C=O) groups is 1. The molecule has 0 atom stereocenters. The smallest absolute Gasteiger partial charge is 0.276 e. The van der Waals surface area contributed by atoms with Crippen molar-refractivity contribution in [2.24, 2.45) is 0 Å². The fourth-order valence-electron chi connectivity index (χ4n) is 3.97. The zero-order valence-electron chi connectivity index (χ0n) is 18.4. The van der Waals surface area contributed by atoms with Crippen LogP contribution in [0, 0.1) is 5.82 Å². The number of carbonyl (C=O) groups excluding carboxylic acids is 1. The van der Waals surface area contributed by atoms with Gasteiger partial charge in [-0.1, -0.05) is 23.4 Å². The number of benzene rings is 2. The second kappa shape index (κ2) is 8.97. The van der Waals surface area contributed by atoms with E-state index in [2.05, 4.69) is 20.5 Å². The van der Waals surface area contributed by atoms with Crippen LogP contribution in [0.2, 0.25) is 0 Å². The Morgan fingerprint density at radius 3 is 2.64 bits per heavy atom. The normalized spacial score (nSPS) is 13.3. The molecule has 1 saturated carbocycles. The van der Waals surface area contributed by atoms with Crippen LogP contribution in [0.15, 0.2) is 60.7 Å². The Morgan fingerprint density at radius 1 is 1.15 bits per heavy atom. The van der Waals surface area contributed by atoms with Gasteiger partial charge in [-0.3, -0.25) is 9.89 Å². The van der Waals surface area contributed by atoms with Crippen LogP contribution in [0.5, 0.6) is 0 Å². The topological polar surface area (TPSA) is 79.7 Å². The van der Waals surface area contributed by atoms with Gasteiger partial charge in [-0.25, -0.2) is 9.07 Å². The molecule has 0 unspecified atom stereocenters. The van der Waals surface area contributed by atoms with Gasteiger partial charge in [-0.05, 0) is 68.1 Å². The molecule has 0 bridgehead atoms. The van der Waals surface area contributed by atoms with E-state index >= 15 is 0 Å². The Balaban J connectivity index is 1.22. The average Bonchev–Trinajstić information content (AvgIpc) is 3.40. The summed E-state index contributed by atoms with van der Waals surface area (Å²) in [6.45, 7) is 0.589. The van der Waals surface area contributed by atoms with Crippen molar-refractivity contribution in [2.45, 2.75) is 31.6 Å². The highest BCUT2D eigenvalue weighted by molar-refractivity contribution is 5.93. The minimum Gasteiger partial charge on any atom is -0.340 e. The number of nitrogens with zero attached hydrogens (tertiary/aromatic N) is 5. The molecule has 0 aliphatic heterocycles. The summed E-state index contributed by atoms with van der Waals surface area (Å²) in [4.78, 5) is 14.9. The molecule has 1 amide bonds. The molecule has 1 fully saturated rings. The number of halogens is 1. The second-order valence-electron chi connectivity index (χ2n) is 8.46. The Morgan fingerprint density at radius 2 is 1.91 bits per heavy atom. The third-order valence-corrected chi connectivity index (χ3v) is 5.93. The van der Waals surface area contributed by atoms with Gasteiger partial charge in [0.15, 0.2) is 5.69 Å². The monoisotopic (exact) mass is 444 g/mol. The molecule has 8 heteroatoms. The van der Waals surface area contributed by atoms with E-state index in [9.17, 15) is 9.18 Å². The third-order valence-electron chi connectivity index (χ3n) is 5.93. The van der Waals surface area contributed by atoms with Crippen molar-refractivity contribution >= 4 is 5.91 Å². The van der Waals surface area contributed by atoms with E-state index in [1.54, 1.807) is 28.8 Å². The fraction of sp³-hybridized carbons (Fsp3) is 0.280. The SMILES string of the molecule is CN(CCCc1cc(-c2ccc(F)cc2)n[nH]1)C(=O)c1nnn(-c2ccccc2)c1C1CC1. The number of nitrogens with one attached hydrogen (secondary N) is 1. The third kappa shape index (κ3) is 4.55. The minimum atomic E-state index is -0.268. The molecule has 2 heterocycles. The Labute approximate surface area is 191 Å². The first kappa shape index (κ1) is 21.1. The highest BCUT2D eigenvalue weighted by Gasteiger charge is 2.35. The Bertz CT molecular complexity index is 1240. The lowest BCUT2D eigenvalue weighted by molar-refractivity contribution is 0.0786. The van der Waals surface area contributed by atoms with Gasteiger partial charge in [0.2, 0.25) is 0 Å². The van der Waals surface area contributed by atoms with Gasteiger partial charge in [0.1, 0.15) is 5.82 Å². The molecule has 2 aromatic carbocycles. The van der Waals surface area contributed by atoms with Crippen molar-refractivity contribution in [3.05, 3.63) is 83.6 Å². The number of amides is 1. The predicted molar refractivity (Wildman–Crippen MR) is 123 cm³/mol. The number of aromatic nitrogens is 5. The van der Waals surface area contributed by atoms with Gasteiger partial charge in [-0.15, -0.1) is 5.10 Å². The van der Waals surface area contributed by atoms with E-state index < -0.39 is 0 Å². The van der Waals surface area contributed by atoms with Gasteiger partial charge in [0.25, 0.3) is 5.91 Å². The highest BCUT2D eigenvalue weighted by atomic mass is 19.1. The zero-order valence-corrected chi connectivity index (χ0v) is 18.4. The van der Waals surface area contributed by atoms with Crippen LogP contribution in [0.25, 0.3) is 16.9 Å². The number of hydrogen-bond donors (Lipinski definition) is 1. The van der Waals surface area contributed by atoms with Gasteiger partial charge in [0.05, 0.1) is 17.1 Å². The summed E-state index contributed by atoms with van der Waals surface area (Å²) in [5.41, 5.74) is 4.90. The summed E-state index contributed by atoms with van der Waals surface area (Å²) < 4.78 is 14.9. The first-order valence-electron chi connectivity index (χ1n) is 11.2. The molecule has 168 valence electrons.